The SMILES string of the molecule is NCCC(=O)Nc1ccc(Br)s1. The lowest BCUT2D eigenvalue weighted by Crippen LogP contribution is -2.15. The van der Waals surface area contributed by atoms with E-state index in [9.17, 15) is 4.79 Å². The van der Waals surface area contributed by atoms with E-state index in [0.29, 0.717) is 13.0 Å². The molecule has 3 N–H and O–H groups in total. The Kier molecular flexibility index (Phi) is 3.71. The van der Waals surface area contributed by atoms with Crippen molar-refractivity contribution in [1.82, 2.24) is 0 Å². The van der Waals surface area contributed by atoms with Crippen LogP contribution in [0.15, 0.2) is 15.9 Å². The van der Waals surface area contributed by atoms with Gasteiger partial charge in [-0.25, -0.2) is 0 Å². The van der Waals surface area contributed by atoms with Gasteiger partial charge in [-0.1, -0.05) is 0 Å². The molecule has 1 amide bonds. The van der Waals surface area contributed by atoms with Crippen LogP contribution in [0.4, 0.5) is 5.00 Å². The smallest absolute Gasteiger partial charge is 0.226 e. The Hall–Kier alpha value is -0.390. The zero-order valence-electron chi connectivity index (χ0n) is 6.34. The molecule has 1 aromatic heterocycles. The molecule has 0 atom stereocenters. The average molecular weight is 249 g/mol. The quantitative estimate of drug-likeness (QED) is 0.858. The van der Waals surface area contributed by atoms with Gasteiger partial charge in [0.2, 0.25) is 5.91 Å². The number of anilines is 1. The summed E-state index contributed by atoms with van der Waals surface area (Å²) in [5.41, 5.74) is 5.22. The molecule has 0 saturated heterocycles. The molecule has 0 spiro atoms. The molecule has 1 rings (SSSR count). The van der Waals surface area contributed by atoms with Crippen LogP contribution >= 0.6 is 27.3 Å². The van der Waals surface area contributed by atoms with Crippen molar-refractivity contribution in [1.29, 1.82) is 0 Å². The summed E-state index contributed by atoms with van der Waals surface area (Å²) in [5.74, 6) is -0.0353. The molecular weight excluding hydrogens is 240 g/mol. The van der Waals surface area contributed by atoms with E-state index in [1.54, 1.807) is 0 Å². The number of nitrogens with two attached hydrogens (primary N) is 1. The highest BCUT2D eigenvalue weighted by atomic mass is 79.9. The summed E-state index contributed by atoms with van der Waals surface area (Å²) in [6.45, 7) is 0.387. The topological polar surface area (TPSA) is 55.1 Å². The average Bonchev–Trinajstić information content (AvgIpc) is 2.36. The van der Waals surface area contributed by atoms with Gasteiger partial charge in [0.05, 0.1) is 8.79 Å². The minimum atomic E-state index is -0.0353. The number of halogens is 1. The van der Waals surface area contributed by atoms with Crippen molar-refractivity contribution in [2.45, 2.75) is 6.42 Å². The van der Waals surface area contributed by atoms with Crippen LogP contribution in [0.5, 0.6) is 0 Å². The molecule has 1 aromatic rings. The molecular formula is C7H9BrN2OS. The lowest BCUT2D eigenvalue weighted by atomic mass is 10.4. The Bertz CT molecular complexity index is 274. The maximum absolute atomic E-state index is 11.0. The fourth-order valence-electron chi connectivity index (χ4n) is 0.712. The van der Waals surface area contributed by atoms with Gasteiger partial charge in [0.1, 0.15) is 0 Å². The first kappa shape index (κ1) is 9.70. The maximum Gasteiger partial charge on any atom is 0.226 e. The molecule has 0 bridgehead atoms. The number of thiophene rings is 1. The minimum absolute atomic E-state index is 0.0353. The summed E-state index contributed by atoms with van der Waals surface area (Å²) in [7, 11) is 0. The molecule has 0 saturated carbocycles. The predicted octanol–water partition coefficient (Wildman–Crippen LogP) is 1.80. The maximum atomic E-state index is 11.0. The molecule has 0 aliphatic heterocycles. The highest BCUT2D eigenvalue weighted by Crippen LogP contribution is 2.26. The number of rotatable bonds is 3. The van der Waals surface area contributed by atoms with E-state index < -0.39 is 0 Å². The molecule has 66 valence electrons. The molecule has 0 aromatic carbocycles. The third kappa shape index (κ3) is 2.92. The van der Waals surface area contributed by atoms with Crippen molar-refractivity contribution in [2.24, 2.45) is 5.73 Å². The predicted molar refractivity (Wildman–Crippen MR) is 54.3 cm³/mol. The van der Waals surface area contributed by atoms with E-state index in [0.717, 1.165) is 8.79 Å². The summed E-state index contributed by atoms with van der Waals surface area (Å²) < 4.78 is 1.01. The second-order valence-corrected chi connectivity index (χ2v) is 4.65. The second kappa shape index (κ2) is 4.59. The summed E-state index contributed by atoms with van der Waals surface area (Å²) in [6.07, 6.45) is 0.371. The first-order valence-electron chi connectivity index (χ1n) is 3.47. The van der Waals surface area contributed by atoms with Gasteiger partial charge in [-0.3, -0.25) is 4.79 Å². The molecule has 3 nitrogen and oxygen atoms in total. The summed E-state index contributed by atoms with van der Waals surface area (Å²) in [5, 5.41) is 3.58. The van der Waals surface area contributed by atoms with Crippen molar-refractivity contribution in [2.75, 3.05) is 11.9 Å². The number of carbonyl (C=O) groups excluding carboxylic acids is 1. The van der Waals surface area contributed by atoms with Crippen molar-refractivity contribution in [3.63, 3.8) is 0 Å². The van der Waals surface area contributed by atoms with Gasteiger partial charge in [0.25, 0.3) is 0 Å². The highest BCUT2D eigenvalue weighted by molar-refractivity contribution is 9.11. The third-order valence-electron chi connectivity index (χ3n) is 1.21. The van der Waals surface area contributed by atoms with Crippen molar-refractivity contribution >= 4 is 38.2 Å². The van der Waals surface area contributed by atoms with Crippen LogP contribution in [-0.2, 0) is 4.79 Å². The van der Waals surface area contributed by atoms with Gasteiger partial charge in [-0.2, -0.15) is 0 Å². The molecule has 12 heavy (non-hydrogen) atoms. The van der Waals surface area contributed by atoms with E-state index in [1.807, 2.05) is 12.1 Å². The van der Waals surface area contributed by atoms with Gasteiger partial charge in [0, 0.05) is 13.0 Å². The van der Waals surface area contributed by atoms with Crippen LogP contribution in [-0.4, -0.2) is 12.5 Å². The van der Waals surface area contributed by atoms with Crippen molar-refractivity contribution in [3.8, 4) is 0 Å². The van der Waals surface area contributed by atoms with Gasteiger partial charge in [0.15, 0.2) is 0 Å². The van der Waals surface area contributed by atoms with Gasteiger partial charge in [-0.05, 0) is 28.1 Å². The first-order chi connectivity index (χ1) is 5.72. The number of hydrogen-bond donors (Lipinski definition) is 2. The van der Waals surface area contributed by atoms with Crippen LogP contribution in [0.25, 0.3) is 0 Å². The normalized spacial score (nSPS) is 9.83. The minimum Gasteiger partial charge on any atom is -0.330 e. The van der Waals surface area contributed by atoms with Gasteiger partial charge in [-0.15, -0.1) is 11.3 Å². The Balaban J connectivity index is 2.46. The van der Waals surface area contributed by atoms with Crippen LogP contribution in [0.1, 0.15) is 6.42 Å². The zero-order valence-corrected chi connectivity index (χ0v) is 8.74. The molecule has 5 heteroatoms. The number of nitrogens with one attached hydrogen (secondary N) is 1. The number of hydrogen-bond acceptors (Lipinski definition) is 3. The summed E-state index contributed by atoms with van der Waals surface area (Å²) >= 11 is 4.79. The lowest BCUT2D eigenvalue weighted by Gasteiger charge is -1.98. The van der Waals surface area contributed by atoms with Crippen LogP contribution in [0, 0.1) is 0 Å². The molecule has 1 heterocycles. The lowest BCUT2D eigenvalue weighted by molar-refractivity contribution is -0.116. The summed E-state index contributed by atoms with van der Waals surface area (Å²) in [4.78, 5) is 11.0. The van der Waals surface area contributed by atoms with Gasteiger partial charge < -0.3 is 11.1 Å². The van der Waals surface area contributed by atoms with E-state index in [-0.39, 0.29) is 5.91 Å². The van der Waals surface area contributed by atoms with E-state index in [4.69, 9.17) is 5.73 Å². The van der Waals surface area contributed by atoms with Crippen molar-refractivity contribution in [3.05, 3.63) is 15.9 Å². The fourth-order valence-corrected chi connectivity index (χ4v) is 2.01. The Labute approximate surface area is 83.1 Å². The van der Waals surface area contributed by atoms with E-state index in [2.05, 4.69) is 21.2 Å². The largest absolute Gasteiger partial charge is 0.330 e. The number of carbonyl (C=O) groups is 1. The zero-order chi connectivity index (χ0) is 8.97. The fraction of sp³-hybridized carbons (Fsp3) is 0.286. The van der Waals surface area contributed by atoms with Crippen LogP contribution in [0.2, 0.25) is 0 Å². The Morgan fingerprint density at radius 1 is 1.67 bits per heavy atom. The molecule has 0 fully saturated rings. The first-order valence-corrected chi connectivity index (χ1v) is 5.08. The summed E-state index contributed by atoms with van der Waals surface area (Å²) in [6, 6.07) is 3.74. The highest BCUT2D eigenvalue weighted by Gasteiger charge is 2.02. The second-order valence-electron chi connectivity index (χ2n) is 2.19. The third-order valence-corrected chi connectivity index (χ3v) is 2.75. The number of amides is 1. The van der Waals surface area contributed by atoms with Gasteiger partial charge >= 0.3 is 0 Å². The Morgan fingerprint density at radius 2 is 2.42 bits per heavy atom. The molecule has 0 aliphatic rings. The van der Waals surface area contributed by atoms with E-state index in [1.165, 1.54) is 11.3 Å². The molecule has 0 unspecified atom stereocenters. The van der Waals surface area contributed by atoms with Crippen molar-refractivity contribution < 1.29 is 4.79 Å². The van der Waals surface area contributed by atoms with Crippen LogP contribution < -0.4 is 11.1 Å². The van der Waals surface area contributed by atoms with Crippen LogP contribution in [0.3, 0.4) is 0 Å². The Morgan fingerprint density at radius 3 is 2.92 bits per heavy atom. The van der Waals surface area contributed by atoms with E-state index >= 15 is 0 Å². The molecule has 0 radical (unpaired) electrons. The standard InChI is InChI=1S/C7H9BrN2OS/c8-5-1-2-7(12-5)10-6(11)3-4-9/h1-2H,3-4,9H2,(H,10,11). The molecule has 0 aliphatic carbocycles. The monoisotopic (exact) mass is 248 g/mol.